The van der Waals surface area contributed by atoms with Crippen LogP contribution >= 0.6 is 22.7 Å². The molecule has 0 saturated heterocycles. The summed E-state index contributed by atoms with van der Waals surface area (Å²) in [6, 6.07) is 20.3. The molecule has 0 bridgehead atoms. The number of aryl methyl sites for hydroxylation is 1. The van der Waals surface area contributed by atoms with Gasteiger partial charge in [-0.3, -0.25) is 9.36 Å². The monoisotopic (exact) mass is 456 g/mol. The smallest absolute Gasteiger partial charge is 0.271 e. The number of methoxy groups -OCH3 is 1. The van der Waals surface area contributed by atoms with Gasteiger partial charge in [-0.15, -0.1) is 11.3 Å². The van der Waals surface area contributed by atoms with Crippen molar-refractivity contribution in [3.8, 4) is 5.75 Å². The number of thiophene rings is 1. The second-order valence-electron chi connectivity index (χ2n) is 7.87. The van der Waals surface area contributed by atoms with Gasteiger partial charge in [0.05, 0.1) is 23.4 Å². The predicted octanol–water partition coefficient (Wildman–Crippen LogP) is 4.39. The normalized spacial score (nSPS) is 17.4. The van der Waals surface area contributed by atoms with Crippen LogP contribution in [0.4, 0.5) is 0 Å². The van der Waals surface area contributed by atoms with Crippen LogP contribution in [0, 0.1) is 0 Å². The van der Waals surface area contributed by atoms with Crippen LogP contribution in [0.15, 0.2) is 81.4 Å². The van der Waals surface area contributed by atoms with Crippen molar-refractivity contribution in [2.45, 2.75) is 18.9 Å². The molecule has 6 heteroatoms. The number of nitrogens with zero attached hydrogens (tertiary/aromatic N) is 2. The van der Waals surface area contributed by atoms with Crippen LogP contribution in [0.2, 0.25) is 0 Å². The number of ether oxygens (including phenoxy) is 1. The first-order chi connectivity index (χ1) is 15.7. The fourth-order valence-electron chi connectivity index (χ4n) is 4.69. The van der Waals surface area contributed by atoms with Crippen LogP contribution in [-0.4, -0.2) is 11.7 Å². The number of fused-ring (bicyclic) bond motifs is 3. The molecule has 32 heavy (non-hydrogen) atoms. The molecule has 0 fully saturated rings. The van der Waals surface area contributed by atoms with Crippen LogP contribution in [0.25, 0.3) is 11.8 Å². The van der Waals surface area contributed by atoms with Gasteiger partial charge >= 0.3 is 0 Å². The number of aromatic nitrogens is 1. The summed E-state index contributed by atoms with van der Waals surface area (Å²) in [5, 5.41) is 2.02. The highest BCUT2D eigenvalue weighted by molar-refractivity contribution is 7.11. The minimum absolute atomic E-state index is 0.00321. The van der Waals surface area contributed by atoms with E-state index in [2.05, 4.69) is 30.3 Å². The summed E-state index contributed by atoms with van der Waals surface area (Å²) in [6.07, 6.45) is 3.79. The molecule has 1 aliphatic heterocycles. The lowest BCUT2D eigenvalue weighted by Crippen LogP contribution is -2.38. The van der Waals surface area contributed by atoms with Crippen molar-refractivity contribution in [2.75, 3.05) is 7.11 Å². The number of allylic oxidation sites excluding steroid dienone is 1. The van der Waals surface area contributed by atoms with Gasteiger partial charge in [-0.2, -0.15) is 0 Å². The fraction of sp³-hybridized carbons (Fsp3) is 0.154. The minimum atomic E-state index is -0.226. The van der Waals surface area contributed by atoms with Gasteiger partial charge in [0, 0.05) is 16.0 Å². The van der Waals surface area contributed by atoms with Gasteiger partial charge in [0.15, 0.2) is 4.80 Å². The molecule has 0 unspecified atom stereocenters. The van der Waals surface area contributed by atoms with Crippen LogP contribution in [0.5, 0.6) is 5.75 Å². The highest BCUT2D eigenvalue weighted by atomic mass is 32.1. The molecule has 0 N–H and O–H groups in total. The van der Waals surface area contributed by atoms with Crippen LogP contribution in [0.3, 0.4) is 0 Å². The maximum Gasteiger partial charge on any atom is 0.271 e. The average Bonchev–Trinajstić information content (AvgIpc) is 3.46. The lowest BCUT2D eigenvalue weighted by molar-refractivity contribution is 0.402. The molecule has 1 atom stereocenters. The van der Waals surface area contributed by atoms with E-state index in [1.807, 2.05) is 46.4 Å². The Kier molecular flexibility index (Phi) is 4.70. The first-order valence-electron chi connectivity index (χ1n) is 10.5. The highest BCUT2D eigenvalue weighted by Gasteiger charge is 2.33. The van der Waals surface area contributed by atoms with Gasteiger partial charge in [-0.25, -0.2) is 4.99 Å². The molecule has 6 rings (SSSR count). The summed E-state index contributed by atoms with van der Waals surface area (Å²) in [6.45, 7) is 0. The van der Waals surface area contributed by atoms with Gasteiger partial charge < -0.3 is 4.74 Å². The third-order valence-corrected chi connectivity index (χ3v) is 7.93. The Hall–Kier alpha value is -3.22. The topological polar surface area (TPSA) is 43.6 Å². The summed E-state index contributed by atoms with van der Waals surface area (Å²) < 4.78 is 8.30. The molecule has 0 saturated carbocycles. The van der Waals surface area contributed by atoms with E-state index in [1.54, 1.807) is 18.4 Å². The van der Waals surface area contributed by atoms with Crippen LogP contribution in [0.1, 0.15) is 34.0 Å². The Balaban J connectivity index is 1.67. The van der Waals surface area contributed by atoms with Gasteiger partial charge in [-0.05, 0) is 47.6 Å². The zero-order valence-corrected chi connectivity index (χ0v) is 19.1. The molecule has 1 aliphatic carbocycles. The number of hydrogen-bond acceptors (Lipinski definition) is 5. The van der Waals surface area contributed by atoms with Crippen molar-refractivity contribution in [1.29, 1.82) is 0 Å². The fourth-order valence-corrected chi connectivity index (χ4v) is 6.42. The third-order valence-electron chi connectivity index (χ3n) is 6.12. The Morgan fingerprint density at radius 1 is 1.06 bits per heavy atom. The molecular weight excluding hydrogens is 436 g/mol. The number of rotatable bonds is 3. The number of hydrogen-bond donors (Lipinski definition) is 0. The van der Waals surface area contributed by atoms with Crippen LogP contribution in [-0.2, 0) is 6.42 Å². The second-order valence-corrected chi connectivity index (χ2v) is 9.86. The van der Waals surface area contributed by atoms with E-state index in [0.717, 1.165) is 39.5 Å². The van der Waals surface area contributed by atoms with Crippen molar-refractivity contribution >= 4 is 34.4 Å². The largest absolute Gasteiger partial charge is 0.496 e. The minimum Gasteiger partial charge on any atom is -0.496 e. The molecular formula is C26H20N2O2S2. The van der Waals surface area contributed by atoms with Gasteiger partial charge in [-0.1, -0.05) is 59.9 Å². The second kappa shape index (κ2) is 7.73. The average molecular weight is 457 g/mol. The molecule has 2 aromatic carbocycles. The molecule has 158 valence electrons. The Morgan fingerprint density at radius 2 is 1.91 bits per heavy atom. The van der Waals surface area contributed by atoms with E-state index in [1.165, 1.54) is 28.0 Å². The number of para-hydroxylation sites is 1. The van der Waals surface area contributed by atoms with E-state index >= 15 is 0 Å². The molecule has 2 aromatic heterocycles. The molecule has 0 amide bonds. The first-order valence-corrected chi connectivity index (χ1v) is 12.2. The standard InChI is InChI=1S/C26H20N2O2S2/c1-30-21-11-5-4-10-19(21)24-20-13-12-16-7-2-3-9-18(16)23(20)27-26-28(24)25(29)22(32-26)15-17-8-6-14-31-17/h2-11,14-15,24H,12-13H2,1H3/b22-15-/t24-/m0/s1. The van der Waals surface area contributed by atoms with Crippen molar-refractivity contribution < 1.29 is 4.74 Å². The molecule has 3 heterocycles. The quantitative estimate of drug-likeness (QED) is 0.459. The van der Waals surface area contributed by atoms with E-state index in [4.69, 9.17) is 9.73 Å². The van der Waals surface area contributed by atoms with Crippen molar-refractivity contribution in [1.82, 2.24) is 4.57 Å². The Labute approximate surface area is 193 Å². The molecule has 0 radical (unpaired) electrons. The van der Waals surface area contributed by atoms with Crippen molar-refractivity contribution in [3.63, 3.8) is 0 Å². The zero-order chi connectivity index (χ0) is 21.7. The van der Waals surface area contributed by atoms with E-state index < -0.39 is 0 Å². The maximum absolute atomic E-state index is 13.7. The summed E-state index contributed by atoms with van der Waals surface area (Å²) in [7, 11) is 1.69. The number of thiazole rings is 1. The molecule has 4 aromatic rings. The van der Waals surface area contributed by atoms with E-state index in [-0.39, 0.29) is 11.6 Å². The van der Waals surface area contributed by atoms with Crippen molar-refractivity contribution in [2.24, 2.45) is 4.99 Å². The van der Waals surface area contributed by atoms with Crippen LogP contribution < -0.4 is 19.6 Å². The third kappa shape index (κ3) is 3.02. The Bertz CT molecular complexity index is 1540. The highest BCUT2D eigenvalue weighted by Crippen LogP contribution is 2.43. The maximum atomic E-state index is 13.7. The molecule has 0 spiro atoms. The molecule has 2 aliphatic rings. The predicted molar refractivity (Wildman–Crippen MR) is 130 cm³/mol. The van der Waals surface area contributed by atoms with Gasteiger partial charge in [0.1, 0.15) is 5.75 Å². The SMILES string of the molecule is COc1ccccc1[C@H]1C2=C(N=c3s/c(=C\c4cccs4)c(=O)n31)c1ccccc1CC2. The van der Waals surface area contributed by atoms with E-state index in [0.29, 0.717) is 4.53 Å². The summed E-state index contributed by atoms with van der Waals surface area (Å²) in [5.41, 5.74) is 5.68. The number of benzene rings is 2. The van der Waals surface area contributed by atoms with Gasteiger partial charge in [0.25, 0.3) is 5.56 Å². The Morgan fingerprint density at radius 3 is 2.75 bits per heavy atom. The van der Waals surface area contributed by atoms with Crippen molar-refractivity contribution in [3.05, 3.63) is 113 Å². The lowest BCUT2D eigenvalue weighted by Gasteiger charge is -2.31. The zero-order valence-electron chi connectivity index (χ0n) is 17.4. The van der Waals surface area contributed by atoms with Gasteiger partial charge in [0.2, 0.25) is 0 Å². The summed E-state index contributed by atoms with van der Waals surface area (Å²) in [4.78, 5) is 20.5. The first kappa shape index (κ1) is 19.5. The summed E-state index contributed by atoms with van der Waals surface area (Å²) >= 11 is 3.09. The van der Waals surface area contributed by atoms with E-state index in [9.17, 15) is 4.79 Å². The lowest BCUT2D eigenvalue weighted by atomic mass is 9.83. The molecule has 4 nitrogen and oxygen atoms in total. The summed E-state index contributed by atoms with van der Waals surface area (Å²) in [5.74, 6) is 0.790.